The highest BCUT2D eigenvalue weighted by Crippen LogP contribution is 2.36. The van der Waals surface area contributed by atoms with Crippen molar-refractivity contribution in [2.24, 2.45) is 0 Å². The van der Waals surface area contributed by atoms with E-state index in [1.807, 2.05) is 32.0 Å². The van der Waals surface area contributed by atoms with Crippen LogP contribution in [0.15, 0.2) is 35.5 Å². The highest BCUT2D eigenvalue weighted by Gasteiger charge is 2.37. The molecule has 130 valence electrons. The van der Waals surface area contributed by atoms with Gasteiger partial charge in [0, 0.05) is 17.3 Å². The number of urea groups is 1. The van der Waals surface area contributed by atoms with Gasteiger partial charge in [-0.2, -0.15) is 0 Å². The molecule has 1 aliphatic heterocycles. The number of carbonyl (C=O) groups excluding carboxylic acids is 2. The first-order valence-electron chi connectivity index (χ1n) is 8.27. The summed E-state index contributed by atoms with van der Waals surface area (Å²) < 4.78 is 5.26. The summed E-state index contributed by atoms with van der Waals surface area (Å²) in [6.45, 7) is 6.42. The highest BCUT2D eigenvalue weighted by molar-refractivity contribution is 6.31. The average molecular weight is 351 g/mol. The Hall–Kier alpha value is -2.01. The van der Waals surface area contributed by atoms with Crippen molar-refractivity contribution < 1.29 is 14.3 Å². The van der Waals surface area contributed by atoms with Crippen LogP contribution < -0.4 is 5.32 Å². The van der Waals surface area contributed by atoms with E-state index in [1.54, 1.807) is 17.9 Å². The summed E-state index contributed by atoms with van der Waals surface area (Å²) in [7, 11) is 0. The molecule has 1 aromatic carbocycles. The van der Waals surface area contributed by atoms with Crippen molar-refractivity contribution in [2.45, 2.75) is 39.7 Å². The fourth-order valence-corrected chi connectivity index (χ4v) is 3.18. The molecule has 0 saturated carbocycles. The topological polar surface area (TPSA) is 58.6 Å². The fourth-order valence-electron chi connectivity index (χ4n) is 2.94. The molecule has 1 aromatic rings. The van der Waals surface area contributed by atoms with Gasteiger partial charge < -0.3 is 10.1 Å². The van der Waals surface area contributed by atoms with Gasteiger partial charge in [-0.25, -0.2) is 9.59 Å². The highest BCUT2D eigenvalue weighted by atomic mass is 35.5. The first-order chi connectivity index (χ1) is 11.5. The number of rotatable bonds is 6. The summed E-state index contributed by atoms with van der Waals surface area (Å²) in [4.78, 5) is 26.8. The average Bonchev–Trinajstić information content (AvgIpc) is 2.55. The summed E-state index contributed by atoms with van der Waals surface area (Å²) in [5, 5.41) is 3.40. The molecule has 1 N–H and O–H groups in total. The number of allylic oxidation sites excluding steroid dienone is 1. The normalized spacial score (nSPS) is 17.8. The number of nitrogens with zero attached hydrogens (tertiary/aromatic N) is 1. The summed E-state index contributed by atoms with van der Waals surface area (Å²) in [5.74, 6) is -0.413. The minimum Gasteiger partial charge on any atom is -0.463 e. The third kappa shape index (κ3) is 3.56. The lowest BCUT2D eigenvalue weighted by molar-refractivity contribution is -0.139. The van der Waals surface area contributed by atoms with E-state index in [9.17, 15) is 9.59 Å². The van der Waals surface area contributed by atoms with Gasteiger partial charge in [-0.05, 0) is 31.9 Å². The molecule has 24 heavy (non-hydrogen) atoms. The molecule has 0 radical (unpaired) electrons. The first kappa shape index (κ1) is 18.3. The lowest BCUT2D eigenvalue weighted by Gasteiger charge is -2.36. The quantitative estimate of drug-likeness (QED) is 0.787. The number of hydrogen-bond donors (Lipinski definition) is 1. The third-order valence-electron chi connectivity index (χ3n) is 3.95. The van der Waals surface area contributed by atoms with Gasteiger partial charge in [-0.3, -0.25) is 4.90 Å². The van der Waals surface area contributed by atoms with Gasteiger partial charge >= 0.3 is 12.0 Å². The summed E-state index contributed by atoms with van der Waals surface area (Å²) >= 11 is 6.31. The number of benzene rings is 1. The number of nitrogens with one attached hydrogen (secondary N) is 1. The molecule has 1 atom stereocenters. The maximum absolute atomic E-state index is 12.6. The molecule has 1 heterocycles. The van der Waals surface area contributed by atoms with Crippen LogP contribution in [-0.4, -0.2) is 30.1 Å². The first-order valence-corrected chi connectivity index (χ1v) is 8.65. The van der Waals surface area contributed by atoms with Crippen LogP contribution in [0.2, 0.25) is 5.02 Å². The zero-order valence-electron chi connectivity index (χ0n) is 14.3. The Kier molecular flexibility index (Phi) is 6.26. The van der Waals surface area contributed by atoms with Crippen molar-refractivity contribution in [3.8, 4) is 0 Å². The Morgan fingerprint density at radius 3 is 2.58 bits per heavy atom. The van der Waals surface area contributed by atoms with E-state index in [0.29, 0.717) is 34.8 Å². The molecule has 0 aromatic heterocycles. The van der Waals surface area contributed by atoms with E-state index in [4.69, 9.17) is 16.3 Å². The standard InChI is InChI=1S/C18H23ClN2O3/c1-4-9-14-15(17(22)24-6-3)16(20-18(23)21(14)5-2)12-10-7-8-11-13(12)19/h7-8,10-11,16H,4-6,9H2,1-3H3,(H,20,23). The second kappa shape index (κ2) is 8.20. The molecule has 2 rings (SSSR count). The fraction of sp³-hybridized carbons (Fsp3) is 0.444. The van der Waals surface area contributed by atoms with Crippen molar-refractivity contribution in [3.05, 3.63) is 46.1 Å². The smallest absolute Gasteiger partial charge is 0.338 e. The van der Waals surface area contributed by atoms with Gasteiger partial charge in [0.15, 0.2) is 0 Å². The molecule has 0 saturated heterocycles. The number of hydrogen-bond acceptors (Lipinski definition) is 3. The van der Waals surface area contributed by atoms with Gasteiger partial charge in [0.25, 0.3) is 0 Å². The molecular formula is C18H23ClN2O3. The van der Waals surface area contributed by atoms with Gasteiger partial charge in [0.2, 0.25) is 0 Å². The van der Waals surface area contributed by atoms with E-state index in [1.165, 1.54) is 0 Å². The second-order valence-electron chi connectivity index (χ2n) is 5.48. The summed E-state index contributed by atoms with van der Waals surface area (Å²) in [5.41, 5.74) is 1.88. The van der Waals surface area contributed by atoms with Gasteiger partial charge in [0.05, 0.1) is 18.2 Å². The predicted octanol–water partition coefficient (Wildman–Crippen LogP) is 4.04. The predicted molar refractivity (Wildman–Crippen MR) is 93.7 cm³/mol. The number of ether oxygens (including phenoxy) is 1. The number of esters is 1. The van der Waals surface area contributed by atoms with Crippen LogP contribution in [0.25, 0.3) is 0 Å². The second-order valence-corrected chi connectivity index (χ2v) is 5.89. The lowest BCUT2D eigenvalue weighted by atomic mass is 9.93. The lowest BCUT2D eigenvalue weighted by Crippen LogP contribution is -2.48. The Labute approximate surface area is 147 Å². The molecule has 0 aliphatic carbocycles. The Morgan fingerprint density at radius 1 is 1.29 bits per heavy atom. The van der Waals surface area contributed by atoms with E-state index in [0.717, 1.165) is 6.42 Å². The van der Waals surface area contributed by atoms with Crippen LogP contribution in [0.4, 0.5) is 4.79 Å². The SMILES string of the molecule is CCCC1=C(C(=O)OCC)C(c2ccccc2Cl)NC(=O)N1CC. The van der Waals surface area contributed by atoms with E-state index >= 15 is 0 Å². The summed E-state index contributed by atoms with van der Waals surface area (Å²) in [6, 6.07) is 6.39. The molecular weight excluding hydrogens is 328 g/mol. The number of amides is 2. The molecule has 0 spiro atoms. The molecule has 1 unspecified atom stereocenters. The monoisotopic (exact) mass is 350 g/mol. The zero-order valence-corrected chi connectivity index (χ0v) is 15.0. The molecule has 6 heteroatoms. The van der Waals surface area contributed by atoms with Crippen LogP contribution in [0.1, 0.15) is 45.2 Å². The van der Waals surface area contributed by atoms with E-state index < -0.39 is 12.0 Å². The van der Waals surface area contributed by atoms with Crippen molar-refractivity contribution in [1.82, 2.24) is 10.2 Å². The van der Waals surface area contributed by atoms with E-state index in [-0.39, 0.29) is 12.6 Å². The maximum Gasteiger partial charge on any atom is 0.338 e. The zero-order chi connectivity index (χ0) is 17.7. The van der Waals surface area contributed by atoms with Crippen LogP contribution in [-0.2, 0) is 9.53 Å². The van der Waals surface area contributed by atoms with Crippen LogP contribution in [0.3, 0.4) is 0 Å². The van der Waals surface area contributed by atoms with Crippen molar-refractivity contribution >= 4 is 23.6 Å². The minimum absolute atomic E-state index is 0.223. The van der Waals surface area contributed by atoms with Gasteiger partial charge in [0.1, 0.15) is 0 Å². The van der Waals surface area contributed by atoms with Crippen LogP contribution in [0.5, 0.6) is 0 Å². The molecule has 5 nitrogen and oxygen atoms in total. The maximum atomic E-state index is 12.6. The Bertz CT molecular complexity index is 657. The molecule has 2 amide bonds. The minimum atomic E-state index is -0.602. The largest absolute Gasteiger partial charge is 0.463 e. The van der Waals surface area contributed by atoms with Crippen molar-refractivity contribution in [3.63, 3.8) is 0 Å². The van der Waals surface area contributed by atoms with Crippen molar-refractivity contribution in [2.75, 3.05) is 13.2 Å². The number of halogens is 1. The third-order valence-corrected chi connectivity index (χ3v) is 4.30. The molecule has 0 fully saturated rings. The Balaban J connectivity index is 2.63. The van der Waals surface area contributed by atoms with Gasteiger partial charge in [-0.1, -0.05) is 43.1 Å². The number of carbonyl (C=O) groups is 2. The summed E-state index contributed by atoms with van der Waals surface area (Å²) in [6.07, 6.45) is 1.44. The van der Waals surface area contributed by atoms with E-state index in [2.05, 4.69) is 5.32 Å². The van der Waals surface area contributed by atoms with Gasteiger partial charge in [-0.15, -0.1) is 0 Å². The molecule has 1 aliphatic rings. The van der Waals surface area contributed by atoms with Crippen LogP contribution >= 0.6 is 11.6 Å². The Morgan fingerprint density at radius 2 is 2.00 bits per heavy atom. The van der Waals surface area contributed by atoms with Crippen LogP contribution in [0, 0.1) is 0 Å². The molecule has 0 bridgehead atoms. The van der Waals surface area contributed by atoms with Crippen molar-refractivity contribution in [1.29, 1.82) is 0 Å².